The minimum atomic E-state index is -4.28. The maximum Gasteiger partial charge on any atom is 0.378 e. The van der Waals surface area contributed by atoms with Gasteiger partial charge in [0.25, 0.3) is 0 Å². The smallest absolute Gasteiger partial charge is 0.378 e. The molecule has 0 amide bonds. The van der Waals surface area contributed by atoms with Crippen molar-refractivity contribution in [3.63, 3.8) is 0 Å². The number of rotatable bonds is 5. The first-order valence-corrected chi connectivity index (χ1v) is 10.5. The molecule has 0 aliphatic carbocycles. The second-order valence-electron chi connectivity index (χ2n) is 6.62. The molecule has 0 aliphatic heterocycles. The maximum absolute atomic E-state index is 12.9. The van der Waals surface area contributed by atoms with E-state index in [1.807, 2.05) is 0 Å². The summed E-state index contributed by atoms with van der Waals surface area (Å²) in [4.78, 5) is 15.2. The Morgan fingerprint density at radius 1 is 0.806 bits per heavy atom. The van der Waals surface area contributed by atoms with Gasteiger partial charge in [-0.3, -0.25) is 4.79 Å². The Morgan fingerprint density at radius 2 is 1.48 bits per heavy atom. The largest absolute Gasteiger partial charge is 0.867 e. The van der Waals surface area contributed by atoms with Crippen LogP contribution in [-0.2, 0) is 10.1 Å². The van der Waals surface area contributed by atoms with Gasteiger partial charge in [-0.05, 0) is 47.5 Å². The molecule has 0 fully saturated rings. The van der Waals surface area contributed by atoms with Crippen molar-refractivity contribution in [2.45, 2.75) is 4.90 Å². The molecule has 0 aromatic heterocycles. The fourth-order valence-corrected chi connectivity index (χ4v) is 4.32. The van der Waals surface area contributed by atoms with Gasteiger partial charge in [-0.1, -0.05) is 42.5 Å². The summed E-state index contributed by atoms with van der Waals surface area (Å²) in [5.41, 5.74) is 0.709. The molecule has 4 rings (SSSR count). The molecule has 4 aromatic carbocycles. The van der Waals surface area contributed by atoms with E-state index in [0.717, 1.165) is 0 Å². The van der Waals surface area contributed by atoms with Crippen LogP contribution in [0.15, 0.2) is 89.8 Å². The van der Waals surface area contributed by atoms with Crippen LogP contribution >= 0.6 is 0 Å². The average molecular weight is 430 g/mol. The van der Waals surface area contributed by atoms with Gasteiger partial charge in [0.2, 0.25) is 5.39 Å². The summed E-state index contributed by atoms with van der Waals surface area (Å²) < 4.78 is 30.9. The van der Waals surface area contributed by atoms with Gasteiger partial charge in [0.05, 0.1) is 0 Å². The number of carbonyl (C=O) groups is 1. The zero-order valence-electron chi connectivity index (χ0n) is 15.9. The average Bonchev–Trinajstić information content (AvgIpc) is 2.79. The van der Waals surface area contributed by atoms with Crippen molar-refractivity contribution in [1.29, 1.82) is 5.39 Å². The lowest BCUT2D eigenvalue weighted by Crippen LogP contribution is -2.11. The highest BCUT2D eigenvalue weighted by Crippen LogP contribution is 2.36. The van der Waals surface area contributed by atoms with Crippen molar-refractivity contribution in [3.8, 4) is 11.5 Å². The lowest BCUT2D eigenvalue weighted by atomic mass is 10.0. The lowest BCUT2D eigenvalue weighted by Gasteiger charge is -2.12. The summed E-state index contributed by atoms with van der Waals surface area (Å²) in [5.74, 6) is -0.774. The molecule has 0 radical (unpaired) electrons. The van der Waals surface area contributed by atoms with E-state index in [1.54, 1.807) is 30.3 Å². The van der Waals surface area contributed by atoms with Crippen molar-refractivity contribution >= 4 is 32.4 Å². The number of carbonyl (C=O) groups excluding carboxylic acids is 1. The van der Waals surface area contributed by atoms with Gasteiger partial charge < -0.3 is 9.29 Å². The van der Waals surface area contributed by atoms with E-state index in [4.69, 9.17) is 9.58 Å². The van der Waals surface area contributed by atoms with Crippen LogP contribution in [0.4, 0.5) is 5.69 Å². The Labute approximate surface area is 177 Å². The fraction of sp³-hybridized carbons (Fsp3) is 0. The van der Waals surface area contributed by atoms with Gasteiger partial charge in [-0.25, -0.2) is 0 Å². The monoisotopic (exact) mass is 430 g/mol. The first kappa shape index (κ1) is 20.1. The molecular formula is C23H14N2O5S. The molecule has 7 nitrogen and oxygen atoms in total. The highest BCUT2D eigenvalue weighted by Gasteiger charge is 2.22. The van der Waals surface area contributed by atoms with Gasteiger partial charge >= 0.3 is 15.8 Å². The summed E-state index contributed by atoms with van der Waals surface area (Å²) in [6, 6.07) is 21.2. The van der Waals surface area contributed by atoms with E-state index < -0.39 is 15.9 Å². The minimum absolute atomic E-state index is 0.0194. The third-order valence-corrected chi connectivity index (χ3v) is 5.99. The predicted molar refractivity (Wildman–Crippen MR) is 112 cm³/mol. The zero-order valence-corrected chi connectivity index (χ0v) is 16.7. The van der Waals surface area contributed by atoms with Gasteiger partial charge in [-0.2, -0.15) is 8.42 Å². The summed E-state index contributed by atoms with van der Waals surface area (Å²) in [5, 5.41) is 21.4. The first-order valence-electron chi connectivity index (χ1n) is 9.13. The molecule has 0 saturated carbocycles. The van der Waals surface area contributed by atoms with Crippen molar-refractivity contribution in [2.24, 2.45) is 0 Å². The predicted octanol–water partition coefficient (Wildman–Crippen LogP) is 4.40. The second-order valence-corrected chi connectivity index (χ2v) is 8.14. The summed E-state index contributed by atoms with van der Waals surface area (Å²) in [7, 11) is -4.28. The third-order valence-electron chi connectivity index (χ3n) is 4.69. The maximum atomic E-state index is 12.9. The molecule has 0 bridgehead atoms. The molecule has 0 N–H and O–H groups in total. The number of fused-ring (bicyclic) bond motifs is 1. The molecule has 0 aliphatic rings. The van der Waals surface area contributed by atoms with Crippen LogP contribution < -0.4 is 9.29 Å². The van der Waals surface area contributed by atoms with E-state index in [1.165, 1.54) is 54.6 Å². The van der Waals surface area contributed by atoms with Crippen molar-refractivity contribution in [2.75, 3.05) is 0 Å². The Hall–Kier alpha value is -4.22. The molecule has 8 heteroatoms. The third kappa shape index (κ3) is 3.82. The lowest BCUT2D eigenvalue weighted by molar-refractivity contribution is -0.264. The van der Waals surface area contributed by atoms with Gasteiger partial charge in [-0.15, -0.1) is 0 Å². The van der Waals surface area contributed by atoms with Crippen LogP contribution in [-0.4, -0.2) is 14.2 Å². The Bertz CT molecular complexity index is 1440. The van der Waals surface area contributed by atoms with Crippen LogP contribution in [0, 0.1) is 5.39 Å². The fourth-order valence-electron chi connectivity index (χ4n) is 3.18. The first-order chi connectivity index (χ1) is 14.9. The van der Waals surface area contributed by atoms with Crippen LogP contribution in [0.2, 0.25) is 0 Å². The standard InChI is InChI=1S/C23H14N2O5S/c24-25-20-14-13-18-19(23(20)27)7-4-8-21(18)31(28,29)30-17-11-9-16(10-12-17)22(26)15-5-2-1-3-6-15/h1-14H. The van der Waals surface area contributed by atoms with E-state index >= 15 is 0 Å². The number of benzene rings is 4. The number of diazo groups is 1. The molecule has 0 atom stereocenters. The normalized spacial score (nSPS) is 11.1. The molecular weight excluding hydrogens is 416 g/mol. The number of nitrogens with zero attached hydrogens (tertiary/aromatic N) is 2. The number of hydrogen-bond donors (Lipinski definition) is 0. The second kappa shape index (κ2) is 7.89. The highest BCUT2D eigenvalue weighted by molar-refractivity contribution is 7.87. The number of ketones is 1. The van der Waals surface area contributed by atoms with Crippen molar-refractivity contribution in [1.82, 2.24) is 0 Å². The summed E-state index contributed by atoms with van der Waals surface area (Å²) >= 11 is 0. The summed E-state index contributed by atoms with van der Waals surface area (Å²) in [6.45, 7) is 0. The Kier molecular flexibility index (Phi) is 5.11. The highest BCUT2D eigenvalue weighted by atomic mass is 32.2. The van der Waals surface area contributed by atoms with Gasteiger partial charge in [0.1, 0.15) is 10.6 Å². The van der Waals surface area contributed by atoms with Crippen molar-refractivity contribution < 1.29 is 22.5 Å². The quantitative estimate of drug-likeness (QED) is 0.264. The van der Waals surface area contributed by atoms with E-state index in [-0.39, 0.29) is 32.9 Å². The molecule has 4 aromatic rings. The topological polar surface area (TPSA) is 112 Å². The Morgan fingerprint density at radius 3 is 2.16 bits per heavy atom. The van der Waals surface area contributed by atoms with Crippen molar-refractivity contribution in [3.05, 3.63) is 101 Å². The Balaban J connectivity index is 1.65. The van der Waals surface area contributed by atoms with E-state index in [0.29, 0.717) is 11.1 Å². The zero-order chi connectivity index (χ0) is 22.0. The molecule has 0 saturated heterocycles. The van der Waals surface area contributed by atoms with Gasteiger partial charge in [0.15, 0.2) is 10.8 Å². The molecule has 152 valence electrons. The van der Waals surface area contributed by atoms with Crippen LogP contribution in [0.25, 0.3) is 15.7 Å². The molecule has 0 unspecified atom stereocenters. The van der Waals surface area contributed by atoms with E-state index in [9.17, 15) is 18.3 Å². The van der Waals surface area contributed by atoms with Crippen LogP contribution in [0.3, 0.4) is 0 Å². The minimum Gasteiger partial charge on any atom is -0.867 e. The van der Waals surface area contributed by atoms with E-state index in [2.05, 4.69) is 4.98 Å². The SMILES string of the molecule is N#[N+]c1ccc2c(S(=O)(=O)Oc3ccc(C(=O)c4ccccc4)cc3)cccc2c1[O-]. The molecule has 0 spiro atoms. The molecule has 0 heterocycles. The number of hydrogen-bond acceptors (Lipinski definition) is 6. The molecule has 31 heavy (non-hydrogen) atoms. The van der Waals surface area contributed by atoms with Crippen LogP contribution in [0.5, 0.6) is 11.5 Å². The van der Waals surface area contributed by atoms with Gasteiger partial charge in [0, 0.05) is 22.6 Å². The van der Waals surface area contributed by atoms with Crippen LogP contribution in [0.1, 0.15) is 15.9 Å². The summed E-state index contributed by atoms with van der Waals surface area (Å²) in [6.07, 6.45) is 0.